The van der Waals surface area contributed by atoms with E-state index in [4.69, 9.17) is 14.7 Å². The molecule has 0 unspecified atom stereocenters. The molecule has 1 fully saturated rings. The number of amides is 1. The van der Waals surface area contributed by atoms with Gasteiger partial charge < -0.3 is 25.0 Å². The van der Waals surface area contributed by atoms with Crippen LogP contribution in [0.2, 0.25) is 0 Å². The van der Waals surface area contributed by atoms with Crippen molar-refractivity contribution >= 4 is 23.2 Å². The van der Waals surface area contributed by atoms with Crippen molar-refractivity contribution < 1.29 is 14.3 Å². The maximum absolute atomic E-state index is 12.0. The number of benzene rings is 2. The molecule has 0 spiro atoms. The fourth-order valence-electron chi connectivity index (χ4n) is 3.87. The Labute approximate surface area is 210 Å². The van der Waals surface area contributed by atoms with Crippen LogP contribution in [0.1, 0.15) is 15.9 Å². The van der Waals surface area contributed by atoms with Crippen molar-refractivity contribution in [2.75, 3.05) is 49.7 Å². The molecule has 3 aromatic rings. The van der Waals surface area contributed by atoms with Crippen LogP contribution in [-0.2, 0) is 16.1 Å². The van der Waals surface area contributed by atoms with Crippen LogP contribution in [0.3, 0.4) is 0 Å². The zero-order valence-electron chi connectivity index (χ0n) is 19.9. The first-order valence-electron chi connectivity index (χ1n) is 11.7. The van der Waals surface area contributed by atoms with Gasteiger partial charge in [-0.1, -0.05) is 18.2 Å². The molecule has 4 rings (SSSR count). The zero-order chi connectivity index (χ0) is 25.2. The third-order valence-electron chi connectivity index (χ3n) is 5.61. The molecule has 1 saturated heterocycles. The monoisotopic (exact) mass is 484 g/mol. The lowest BCUT2D eigenvalue weighted by Gasteiger charge is -2.31. The molecule has 9 heteroatoms. The van der Waals surface area contributed by atoms with E-state index in [1.807, 2.05) is 30.3 Å². The molecule has 9 nitrogen and oxygen atoms in total. The molecule has 1 aliphatic rings. The maximum Gasteiger partial charge on any atom is 0.252 e. The van der Waals surface area contributed by atoms with Gasteiger partial charge in [-0.3, -0.25) is 4.79 Å². The van der Waals surface area contributed by atoms with Crippen LogP contribution in [0.25, 0.3) is 11.3 Å². The highest BCUT2D eigenvalue weighted by atomic mass is 16.5. The van der Waals surface area contributed by atoms with Crippen LogP contribution in [0.15, 0.2) is 67.4 Å². The van der Waals surface area contributed by atoms with Crippen LogP contribution in [0.5, 0.6) is 0 Å². The number of carbonyl (C=O) groups excluding carboxylic acids is 1. The molecule has 36 heavy (non-hydrogen) atoms. The largest absolute Gasteiger partial charge is 0.378 e. The number of morpholine rings is 1. The van der Waals surface area contributed by atoms with E-state index in [-0.39, 0.29) is 12.5 Å². The van der Waals surface area contributed by atoms with Crippen LogP contribution in [0.4, 0.5) is 17.3 Å². The summed E-state index contributed by atoms with van der Waals surface area (Å²) in [6.45, 7) is 7.72. The van der Waals surface area contributed by atoms with E-state index >= 15 is 0 Å². The molecule has 2 aromatic carbocycles. The Hall–Kier alpha value is -4.26. The molecule has 2 N–H and O–H groups in total. The van der Waals surface area contributed by atoms with E-state index < -0.39 is 0 Å². The Morgan fingerprint density at radius 1 is 1.19 bits per heavy atom. The summed E-state index contributed by atoms with van der Waals surface area (Å²) in [4.78, 5) is 23.3. The van der Waals surface area contributed by atoms with Gasteiger partial charge in [0.2, 0.25) is 5.95 Å². The number of rotatable bonds is 10. The minimum Gasteiger partial charge on any atom is -0.378 e. The highest BCUT2D eigenvalue weighted by Gasteiger charge is 2.16. The van der Waals surface area contributed by atoms with Crippen molar-refractivity contribution in [2.45, 2.75) is 6.61 Å². The van der Waals surface area contributed by atoms with Crippen molar-refractivity contribution in [3.8, 4) is 17.3 Å². The van der Waals surface area contributed by atoms with Gasteiger partial charge in [0.15, 0.2) is 0 Å². The van der Waals surface area contributed by atoms with Crippen molar-refractivity contribution in [3.63, 3.8) is 0 Å². The number of nitrogens with zero attached hydrogens (tertiary/aromatic N) is 4. The van der Waals surface area contributed by atoms with Gasteiger partial charge in [0.25, 0.3) is 5.91 Å². The molecule has 1 aliphatic heterocycles. The SMILES string of the molecule is C=CCOCc1cc(Nc2nccc(-c3ccc(C(=O)NCC#N)cc3)n2)ccc1N1CCOCC1. The minimum atomic E-state index is -0.290. The molecule has 0 aliphatic carbocycles. The summed E-state index contributed by atoms with van der Waals surface area (Å²) in [5.74, 6) is 0.168. The number of nitrogens with one attached hydrogen (secondary N) is 2. The van der Waals surface area contributed by atoms with Crippen molar-refractivity contribution in [2.24, 2.45) is 0 Å². The topological polar surface area (TPSA) is 112 Å². The molecule has 0 saturated carbocycles. The first kappa shape index (κ1) is 24.9. The summed E-state index contributed by atoms with van der Waals surface area (Å²) in [5, 5.41) is 14.4. The number of hydrogen-bond acceptors (Lipinski definition) is 8. The molecular weight excluding hydrogens is 456 g/mol. The zero-order valence-corrected chi connectivity index (χ0v) is 19.9. The summed E-state index contributed by atoms with van der Waals surface area (Å²) in [6, 6.07) is 16.9. The maximum atomic E-state index is 12.0. The normalized spacial score (nSPS) is 13.0. The van der Waals surface area contributed by atoms with Crippen LogP contribution < -0.4 is 15.5 Å². The average molecular weight is 485 g/mol. The predicted molar refractivity (Wildman–Crippen MR) is 138 cm³/mol. The van der Waals surface area contributed by atoms with Gasteiger partial charge >= 0.3 is 0 Å². The van der Waals surface area contributed by atoms with Crippen molar-refractivity contribution in [1.82, 2.24) is 15.3 Å². The Bertz CT molecular complexity index is 1230. The Kier molecular flexibility index (Phi) is 8.59. The van der Waals surface area contributed by atoms with E-state index in [0.29, 0.717) is 37.9 Å². The summed E-state index contributed by atoms with van der Waals surface area (Å²) in [5.41, 5.74) is 5.08. The third-order valence-corrected chi connectivity index (χ3v) is 5.61. The Morgan fingerprint density at radius 2 is 2.00 bits per heavy atom. The quantitative estimate of drug-likeness (QED) is 0.255. The molecule has 1 aromatic heterocycles. The van der Waals surface area contributed by atoms with Crippen LogP contribution >= 0.6 is 0 Å². The van der Waals surface area contributed by atoms with Gasteiger partial charge in [0.05, 0.1) is 38.2 Å². The molecule has 184 valence electrons. The first-order chi connectivity index (χ1) is 17.7. The van der Waals surface area contributed by atoms with E-state index in [1.54, 1.807) is 24.4 Å². The van der Waals surface area contributed by atoms with E-state index in [2.05, 4.69) is 44.2 Å². The summed E-state index contributed by atoms with van der Waals surface area (Å²) >= 11 is 0. The molecule has 0 bridgehead atoms. The number of hydrogen-bond donors (Lipinski definition) is 2. The minimum absolute atomic E-state index is 0.0307. The lowest BCUT2D eigenvalue weighted by Crippen LogP contribution is -2.36. The van der Waals surface area contributed by atoms with Crippen LogP contribution in [-0.4, -0.2) is 55.3 Å². The Morgan fingerprint density at radius 3 is 2.75 bits per heavy atom. The highest BCUT2D eigenvalue weighted by molar-refractivity contribution is 5.94. The van der Waals surface area contributed by atoms with Gasteiger partial charge in [-0.25, -0.2) is 9.97 Å². The summed E-state index contributed by atoms with van der Waals surface area (Å²) in [6.07, 6.45) is 3.43. The standard InChI is InChI=1S/C27H28N6O3/c1-2-15-36-19-22-18-23(7-8-25(22)33-13-16-35-17-14-33)31-27-30-11-9-24(32-27)20-3-5-21(6-4-20)26(34)29-12-10-28/h2-9,11,18H,1,12-17,19H2,(H,29,34)(H,30,31,32). The lowest BCUT2D eigenvalue weighted by atomic mass is 10.1. The predicted octanol–water partition coefficient (Wildman–Crippen LogP) is 3.68. The number of aromatic nitrogens is 2. The third kappa shape index (κ3) is 6.44. The summed E-state index contributed by atoms with van der Waals surface area (Å²) < 4.78 is 11.2. The highest BCUT2D eigenvalue weighted by Crippen LogP contribution is 2.28. The average Bonchev–Trinajstić information content (AvgIpc) is 2.93. The van der Waals surface area contributed by atoms with Gasteiger partial charge in [-0.05, 0) is 36.4 Å². The first-order valence-corrected chi connectivity index (χ1v) is 11.7. The second-order valence-electron chi connectivity index (χ2n) is 8.06. The molecule has 2 heterocycles. The number of carbonyl (C=O) groups is 1. The number of ether oxygens (including phenoxy) is 2. The van der Waals surface area contributed by atoms with Crippen molar-refractivity contribution in [1.29, 1.82) is 5.26 Å². The van der Waals surface area contributed by atoms with Gasteiger partial charge in [0.1, 0.15) is 6.54 Å². The molecular formula is C27H28N6O3. The van der Waals surface area contributed by atoms with Gasteiger partial charge in [-0.15, -0.1) is 6.58 Å². The lowest BCUT2D eigenvalue weighted by molar-refractivity contribution is 0.0958. The fourth-order valence-corrected chi connectivity index (χ4v) is 3.87. The molecule has 0 atom stereocenters. The van der Waals surface area contributed by atoms with E-state index in [9.17, 15) is 4.79 Å². The van der Waals surface area contributed by atoms with Gasteiger partial charge in [-0.2, -0.15) is 5.26 Å². The Balaban J connectivity index is 1.51. The number of nitriles is 1. The second kappa shape index (κ2) is 12.4. The molecule has 1 amide bonds. The second-order valence-corrected chi connectivity index (χ2v) is 8.06. The number of anilines is 3. The smallest absolute Gasteiger partial charge is 0.252 e. The van der Waals surface area contributed by atoms with Gasteiger partial charge in [0, 0.05) is 47.4 Å². The fraction of sp³-hybridized carbons (Fsp3) is 0.259. The van der Waals surface area contributed by atoms with Crippen molar-refractivity contribution in [3.05, 3.63) is 78.5 Å². The summed E-state index contributed by atoms with van der Waals surface area (Å²) in [7, 11) is 0. The molecule has 0 radical (unpaired) electrons. The van der Waals surface area contributed by atoms with E-state index in [0.717, 1.165) is 41.3 Å². The van der Waals surface area contributed by atoms with E-state index in [1.165, 1.54) is 0 Å². The van der Waals surface area contributed by atoms with Crippen LogP contribution in [0, 0.1) is 11.3 Å².